The van der Waals surface area contributed by atoms with Crippen molar-refractivity contribution in [1.82, 2.24) is 0 Å². The minimum Gasteiger partial charge on any atom is -0.462 e. The maximum atomic E-state index is 12.5. The highest BCUT2D eigenvalue weighted by Gasteiger charge is 2.25. The molecular weight excluding hydrogens is 390 g/mol. The number of hydrogen-bond donors (Lipinski definition) is 1. The Morgan fingerprint density at radius 3 is 2.54 bits per heavy atom. The summed E-state index contributed by atoms with van der Waals surface area (Å²) in [6, 6.07) is 10.7. The molecule has 28 heavy (non-hydrogen) atoms. The zero-order valence-electron chi connectivity index (χ0n) is 14.4. The smallest absolute Gasteiger partial charge is 0.254 e. The minimum atomic E-state index is -4.08. The van der Waals surface area contributed by atoms with E-state index in [1.807, 2.05) is 0 Å². The van der Waals surface area contributed by atoms with Gasteiger partial charge in [0.25, 0.3) is 10.0 Å². The van der Waals surface area contributed by atoms with Gasteiger partial charge in [-0.2, -0.15) is 0 Å². The van der Waals surface area contributed by atoms with Crippen molar-refractivity contribution in [3.63, 3.8) is 0 Å². The molecule has 0 aliphatic rings. The fourth-order valence-corrected chi connectivity index (χ4v) is 3.06. The summed E-state index contributed by atoms with van der Waals surface area (Å²) in [5.74, 6) is 0.202. The number of nitroso groups, excluding NO2 is 1. The maximum Gasteiger partial charge on any atom is 0.254 e. The highest BCUT2D eigenvalue weighted by molar-refractivity contribution is 7.92. The summed E-state index contributed by atoms with van der Waals surface area (Å²) in [6.45, 7) is 0. The van der Waals surface area contributed by atoms with Crippen LogP contribution in [0.15, 0.2) is 63.2 Å². The standard InChI is InChI=1S/C17H13N3O7S/c1-28(24,25)20(19-23)14-8-15-12(17(22)13(9-26-15)18-10-21)7-16(14)27-11-5-3-2-4-6-11/h2-10H,1H3,(H,18,21). The molecule has 0 saturated carbocycles. The number of amides is 1. The van der Waals surface area contributed by atoms with Crippen molar-refractivity contribution < 1.29 is 22.4 Å². The van der Waals surface area contributed by atoms with Crippen LogP contribution < -0.4 is 19.9 Å². The summed E-state index contributed by atoms with van der Waals surface area (Å²) in [5, 5.41) is 4.75. The first-order chi connectivity index (χ1) is 13.3. The van der Waals surface area contributed by atoms with Crippen LogP contribution in [0.25, 0.3) is 11.0 Å². The van der Waals surface area contributed by atoms with Gasteiger partial charge in [-0.25, -0.2) is 8.42 Å². The van der Waals surface area contributed by atoms with E-state index >= 15 is 0 Å². The van der Waals surface area contributed by atoms with E-state index in [1.165, 1.54) is 6.07 Å². The van der Waals surface area contributed by atoms with Gasteiger partial charge in [0.1, 0.15) is 29.0 Å². The molecule has 1 aromatic heterocycles. The van der Waals surface area contributed by atoms with E-state index in [0.29, 0.717) is 12.2 Å². The van der Waals surface area contributed by atoms with Crippen LogP contribution in [-0.2, 0) is 14.8 Å². The van der Waals surface area contributed by atoms with Gasteiger partial charge in [-0.1, -0.05) is 18.2 Å². The lowest BCUT2D eigenvalue weighted by molar-refractivity contribution is -0.105. The molecule has 3 rings (SSSR count). The topological polar surface area (TPSA) is 135 Å². The molecule has 0 spiro atoms. The number of nitrogens with one attached hydrogen (secondary N) is 1. The lowest BCUT2D eigenvalue weighted by Gasteiger charge is -2.17. The van der Waals surface area contributed by atoms with E-state index in [0.717, 1.165) is 18.6 Å². The molecule has 0 atom stereocenters. The molecule has 0 saturated heterocycles. The molecule has 0 aliphatic carbocycles. The van der Waals surface area contributed by atoms with Crippen LogP contribution in [0.2, 0.25) is 0 Å². The second-order valence-electron chi connectivity index (χ2n) is 5.56. The van der Waals surface area contributed by atoms with E-state index in [4.69, 9.17) is 9.15 Å². The summed E-state index contributed by atoms with van der Waals surface area (Å²) in [7, 11) is -4.08. The third-order valence-electron chi connectivity index (χ3n) is 3.63. The van der Waals surface area contributed by atoms with Crippen molar-refractivity contribution in [3.05, 3.63) is 63.9 Å². The fourth-order valence-electron chi connectivity index (χ4n) is 2.44. The summed E-state index contributed by atoms with van der Waals surface area (Å²) in [5.41, 5.74) is -0.973. The quantitative estimate of drug-likeness (QED) is 0.364. The molecule has 2 aromatic carbocycles. The molecular formula is C17H13N3O7S. The van der Waals surface area contributed by atoms with E-state index in [9.17, 15) is 22.9 Å². The predicted octanol–water partition coefficient (Wildman–Crippen LogP) is 2.60. The van der Waals surface area contributed by atoms with Crippen LogP contribution in [0.1, 0.15) is 0 Å². The molecule has 0 radical (unpaired) electrons. The zero-order valence-corrected chi connectivity index (χ0v) is 15.2. The molecule has 144 valence electrons. The molecule has 0 bridgehead atoms. The van der Waals surface area contributed by atoms with Crippen LogP contribution in [0.5, 0.6) is 11.5 Å². The van der Waals surface area contributed by atoms with Crippen LogP contribution >= 0.6 is 0 Å². The van der Waals surface area contributed by atoms with E-state index in [2.05, 4.69) is 10.6 Å². The third-order valence-corrected chi connectivity index (χ3v) is 4.53. The Kier molecular flexibility index (Phi) is 5.09. The van der Waals surface area contributed by atoms with Gasteiger partial charge in [-0.05, 0) is 18.2 Å². The number of carbonyl (C=O) groups excluding carboxylic acids is 1. The number of hydrogen-bond acceptors (Lipinski definition) is 8. The van der Waals surface area contributed by atoms with Crippen LogP contribution in [0.3, 0.4) is 0 Å². The molecule has 1 N–H and O–H groups in total. The molecule has 1 amide bonds. The Hall–Kier alpha value is -3.73. The van der Waals surface area contributed by atoms with Gasteiger partial charge < -0.3 is 14.5 Å². The zero-order chi connectivity index (χ0) is 20.3. The van der Waals surface area contributed by atoms with Crippen molar-refractivity contribution in [2.45, 2.75) is 0 Å². The molecule has 0 fully saturated rings. The Morgan fingerprint density at radius 2 is 1.93 bits per heavy atom. The molecule has 0 unspecified atom stereocenters. The molecule has 1 heterocycles. The number of sulfonamides is 1. The highest BCUT2D eigenvalue weighted by Crippen LogP contribution is 2.37. The Balaban J connectivity index is 2.28. The molecule has 0 aliphatic heterocycles. The number of carbonyl (C=O) groups is 1. The first-order valence-corrected chi connectivity index (χ1v) is 9.56. The summed E-state index contributed by atoms with van der Waals surface area (Å²) in [6.07, 6.45) is 2.10. The predicted molar refractivity (Wildman–Crippen MR) is 102 cm³/mol. The number of fused-ring (bicyclic) bond motifs is 1. The summed E-state index contributed by atoms with van der Waals surface area (Å²) < 4.78 is 35.1. The van der Waals surface area contributed by atoms with Crippen LogP contribution in [0.4, 0.5) is 11.4 Å². The van der Waals surface area contributed by atoms with Gasteiger partial charge in [0.05, 0.1) is 16.9 Å². The average Bonchev–Trinajstić information content (AvgIpc) is 2.65. The fraction of sp³-hybridized carbons (Fsp3) is 0.0588. The number of para-hydroxylation sites is 1. The first kappa shape index (κ1) is 19.0. The number of anilines is 2. The van der Waals surface area contributed by atoms with Crippen molar-refractivity contribution in [1.29, 1.82) is 0 Å². The van der Waals surface area contributed by atoms with Crippen molar-refractivity contribution in [2.24, 2.45) is 5.29 Å². The number of benzene rings is 2. The molecule has 11 heteroatoms. The highest BCUT2D eigenvalue weighted by atomic mass is 32.2. The Bertz CT molecular complexity index is 1210. The second-order valence-corrected chi connectivity index (χ2v) is 7.37. The Morgan fingerprint density at radius 1 is 1.21 bits per heavy atom. The van der Waals surface area contributed by atoms with Gasteiger partial charge in [0.2, 0.25) is 11.8 Å². The van der Waals surface area contributed by atoms with E-state index < -0.39 is 15.5 Å². The minimum absolute atomic E-state index is 0.000816. The largest absolute Gasteiger partial charge is 0.462 e. The lowest BCUT2D eigenvalue weighted by Crippen LogP contribution is -2.24. The SMILES string of the molecule is CS(=O)(=O)N(N=O)c1cc2occ(NC=O)c(=O)c2cc1Oc1ccccc1. The third kappa shape index (κ3) is 3.69. The monoisotopic (exact) mass is 403 g/mol. The van der Waals surface area contributed by atoms with Crippen molar-refractivity contribution >= 4 is 38.8 Å². The first-order valence-electron chi connectivity index (χ1n) is 7.71. The van der Waals surface area contributed by atoms with Gasteiger partial charge in [-0.3, -0.25) is 9.59 Å². The lowest BCUT2D eigenvalue weighted by atomic mass is 10.2. The number of ether oxygens (including phenoxy) is 1. The number of rotatable bonds is 7. The maximum absolute atomic E-state index is 12.5. The molecule has 3 aromatic rings. The second kappa shape index (κ2) is 7.48. The van der Waals surface area contributed by atoms with Crippen LogP contribution in [0, 0.1) is 4.91 Å². The van der Waals surface area contributed by atoms with Crippen molar-refractivity contribution in [2.75, 3.05) is 16.0 Å². The summed E-state index contributed by atoms with van der Waals surface area (Å²) >= 11 is 0. The normalized spacial score (nSPS) is 11.0. The van der Waals surface area contributed by atoms with Crippen molar-refractivity contribution in [3.8, 4) is 11.5 Å². The van der Waals surface area contributed by atoms with Gasteiger partial charge in [0, 0.05) is 6.07 Å². The van der Waals surface area contributed by atoms with Gasteiger partial charge in [0.15, 0.2) is 5.75 Å². The summed E-state index contributed by atoms with van der Waals surface area (Å²) in [4.78, 5) is 34.3. The van der Waals surface area contributed by atoms with E-state index in [-0.39, 0.29) is 32.5 Å². The van der Waals surface area contributed by atoms with Gasteiger partial charge in [-0.15, -0.1) is 9.32 Å². The average molecular weight is 403 g/mol. The van der Waals surface area contributed by atoms with Gasteiger partial charge >= 0.3 is 0 Å². The van der Waals surface area contributed by atoms with Crippen LogP contribution in [-0.4, -0.2) is 21.1 Å². The van der Waals surface area contributed by atoms with E-state index in [1.54, 1.807) is 30.3 Å². The Labute approximate surface area is 158 Å². The molecule has 10 nitrogen and oxygen atoms in total. The number of nitrogens with zero attached hydrogens (tertiary/aromatic N) is 2.